The maximum absolute atomic E-state index is 12.3. The lowest BCUT2D eigenvalue weighted by atomic mass is 9.96. The molecule has 0 saturated carbocycles. The summed E-state index contributed by atoms with van der Waals surface area (Å²) in [5.41, 5.74) is 0.841. The molecule has 0 spiro atoms. The second-order valence-corrected chi connectivity index (χ2v) is 6.23. The third-order valence-corrected chi connectivity index (χ3v) is 4.02. The Bertz CT molecular complexity index is 878. The van der Waals surface area contributed by atoms with Gasteiger partial charge in [-0.1, -0.05) is 35.5 Å². The van der Waals surface area contributed by atoms with E-state index < -0.39 is 11.5 Å². The minimum atomic E-state index is -1.25. The average Bonchev–Trinajstić information content (AvgIpc) is 3.20. The number of hydrogen-bond donors (Lipinski definition) is 2. The molecule has 6 heteroatoms. The highest BCUT2D eigenvalue weighted by atomic mass is 16.5. The molecule has 1 unspecified atom stereocenters. The molecule has 0 radical (unpaired) electrons. The highest BCUT2D eigenvalue weighted by Crippen LogP contribution is 2.26. The van der Waals surface area contributed by atoms with Crippen LogP contribution in [0.1, 0.15) is 34.6 Å². The minimum absolute atomic E-state index is 0.0209. The Hall–Kier alpha value is -2.86. The number of nitrogens with zero attached hydrogens (tertiary/aromatic N) is 1. The van der Waals surface area contributed by atoms with Crippen LogP contribution in [0.15, 0.2) is 51.4 Å². The van der Waals surface area contributed by atoms with Crippen molar-refractivity contribution in [1.82, 2.24) is 10.5 Å². The second-order valence-electron chi connectivity index (χ2n) is 6.23. The molecule has 2 aromatic heterocycles. The quantitative estimate of drug-likeness (QED) is 0.745. The van der Waals surface area contributed by atoms with E-state index in [9.17, 15) is 9.90 Å². The van der Waals surface area contributed by atoms with Gasteiger partial charge >= 0.3 is 0 Å². The molecule has 25 heavy (non-hydrogen) atoms. The van der Waals surface area contributed by atoms with Gasteiger partial charge in [0.25, 0.3) is 5.91 Å². The van der Waals surface area contributed by atoms with Gasteiger partial charge < -0.3 is 19.4 Å². The number of carbonyl (C=O) groups is 1. The molecule has 130 valence electrons. The second kappa shape index (κ2) is 6.57. The molecule has 0 bridgehead atoms. The van der Waals surface area contributed by atoms with Gasteiger partial charge in [-0.3, -0.25) is 4.79 Å². The molecule has 0 aliphatic carbocycles. The standard InChI is InChI=1S/C19H20N2O4/c1-12-9-15(13(2)24-12)19(3,23)11-20-18(22)17-10-16(21-25-17)14-7-5-4-6-8-14/h4-10,23H,11H2,1-3H3,(H,20,22). The zero-order valence-corrected chi connectivity index (χ0v) is 14.4. The van der Waals surface area contributed by atoms with Crippen molar-refractivity contribution < 1.29 is 18.8 Å². The number of rotatable bonds is 5. The minimum Gasteiger partial charge on any atom is -0.466 e. The molecule has 0 aliphatic heterocycles. The normalized spacial score (nSPS) is 13.4. The van der Waals surface area contributed by atoms with E-state index in [4.69, 9.17) is 8.94 Å². The van der Waals surface area contributed by atoms with E-state index in [1.807, 2.05) is 37.3 Å². The third kappa shape index (κ3) is 3.64. The van der Waals surface area contributed by atoms with Crippen LogP contribution < -0.4 is 5.32 Å². The van der Waals surface area contributed by atoms with E-state index in [1.54, 1.807) is 26.0 Å². The van der Waals surface area contributed by atoms with Crippen LogP contribution in [0, 0.1) is 13.8 Å². The summed E-state index contributed by atoms with van der Waals surface area (Å²) in [5.74, 6) is 0.993. The van der Waals surface area contributed by atoms with E-state index in [-0.39, 0.29) is 12.3 Å². The molecular weight excluding hydrogens is 320 g/mol. The molecule has 3 rings (SSSR count). The fourth-order valence-corrected chi connectivity index (χ4v) is 2.73. The fourth-order valence-electron chi connectivity index (χ4n) is 2.73. The van der Waals surface area contributed by atoms with Crippen LogP contribution in [0.2, 0.25) is 0 Å². The number of aliphatic hydroxyl groups is 1. The van der Waals surface area contributed by atoms with Crippen LogP contribution in [0.5, 0.6) is 0 Å². The highest BCUT2D eigenvalue weighted by molar-refractivity contribution is 5.92. The molecule has 2 heterocycles. The maximum Gasteiger partial charge on any atom is 0.290 e. The molecule has 1 aromatic carbocycles. The van der Waals surface area contributed by atoms with Gasteiger partial charge in [0.05, 0.1) is 6.54 Å². The van der Waals surface area contributed by atoms with Crippen molar-refractivity contribution in [3.63, 3.8) is 0 Å². The summed E-state index contributed by atoms with van der Waals surface area (Å²) in [6.45, 7) is 5.24. The zero-order valence-electron chi connectivity index (χ0n) is 14.4. The molecule has 0 saturated heterocycles. The van der Waals surface area contributed by atoms with E-state index in [0.29, 0.717) is 22.8 Å². The van der Waals surface area contributed by atoms with Crippen molar-refractivity contribution in [2.45, 2.75) is 26.4 Å². The lowest BCUT2D eigenvalue weighted by Gasteiger charge is -2.22. The number of furan rings is 1. The largest absolute Gasteiger partial charge is 0.466 e. The Labute approximate surface area is 145 Å². The van der Waals surface area contributed by atoms with Crippen molar-refractivity contribution in [3.8, 4) is 11.3 Å². The van der Waals surface area contributed by atoms with Crippen molar-refractivity contribution in [2.24, 2.45) is 0 Å². The first kappa shape index (κ1) is 17.0. The van der Waals surface area contributed by atoms with Crippen LogP contribution in [-0.4, -0.2) is 22.7 Å². The lowest BCUT2D eigenvalue weighted by Crippen LogP contribution is -2.38. The van der Waals surface area contributed by atoms with Crippen molar-refractivity contribution in [3.05, 3.63) is 65.3 Å². The van der Waals surface area contributed by atoms with Crippen LogP contribution in [0.4, 0.5) is 0 Å². The summed E-state index contributed by atoms with van der Waals surface area (Å²) in [6.07, 6.45) is 0. The Morgan fingerprint density at radius 1 is 1.24 bits per heavy atom. The third-order valence-electron chi connectivity index (χ3n) is 4.02. The number of aryl methyl sites for hydroxylation is 2. The highest BCUT2D eigenvalue weighted by Gasteiger charge is 2.29. The zero-order chi connectivity index (χ0) is 18.0. The molecule has 1 atom stereocenters. The van der Waals surface area contributed by atoms with Gasteiger partial charge in [-0.2, -0.15) is 0 Å². The first-order valence-electron chi connectivity index (χ1n) is 7.97. The Morgan fingerprint density at radius 2 is 1.96 bits per heavy atom. The van der Waals surface area contributed by atoms with Gasteiger partial charge in [-0.15, -0.1) is 0 Å². The van der Waals surface area contributed by atoms with Crippen LogP contribution in [-0.2, 0) is 5.60 Å². The number of amides is 1. The average molecular weight is 340 g/mol. The summed E-state index contributed by atoms with van der Waals surface area (Å²) in [6, 6.07) is 12.8. The van der Waals surface area contributed by atoms with E-state index in [0.717, 1.165) is 5.56 Å². The molecule has 0 aliphatic rings. The summed E-state index contributed by atoms with van der Waals surface area (Å²) in [4.78, 5) is 12.3. The summed E-state index contributed by atoms with van der Waals surface area (Å²) in [5, 5.41) is 17.2. The molecule has 6 nitrogen and oxygen atoms in total. The smallest absolute Gasteiger partial charge is 0.290 e. The molecular formula is C19H20N2O4. The Kier molecular flexibility index (Phi) is 4.46. The van der Waals surface area contributed by atoms with E-state index in [1.165, 1.54) is 0 Å². The SMILES string of the molecule is Cc1cc(C(C)(O)CNC(=O)c2cc(-c3ccccc3)no2)c(C)o1. The van der Waals surface area contributed by atoms with Crippen molar-refractivity contribution in [2.75, 3.05) is 6.54 Å². The number of benzene rings is 1. The fraction of sp³-hybridized carbons (Fsp3) is 0.263. The topological polar surface area (TPSA) is 88.5 Å². The monoisotopic (exact) mass is 340 g/mol. The molecule has 0 fully saturated rings. The number of aromatic nitrogens is 1. The van der Waals surface area contributed by atoms with Gasteiger partial charge in [-0.25, -0.2) is 0 Å². The number of carbonyl (C=O) groups excluding carboxylic acids is 1. The summed E-state index contributed by atoms with van der Waals surface area (Å²) >= 11 is 0. The van der Waals surface area contributed by atoms with Gasteiger partial charge in [0.15, 0.2) is 0 Å². The lowest BCUT2D eigenvalue weighted by molar-refractivity contribution is 0.0504. The Morgan fingerprint density at radius 3 is 2.60 bits per heavy atom. The Balaban J connectivity index is 1.69. The van der Waals surface area contributed by atoms with E-state index >= 15 is 0 Å². The summed E-state index contributed by atoms with van der Waals surface area (Å²) < 4.78 is 10.6. The van der Waals surface area contributed by atoms with Gasteiger partial charge in [0, 0.05) is 17.2 Å². The number of nitrogens with one attached hydrogen (secondary N) is 1. The van der Waals surface area contributed by atoms with E-state index in [2.05, 4.69) is 10.5 Å². The maximum atomic E-state index is 12.3. The molecule has 3 aromatic rings. The van der Waals surface area contributed by atoms with Gasteiger partial charge in [0.2, 0.25) is 5.76 Å². The molecule has 1 amide bonds. The molecule has 2 N–H and O–H groups in total. The first-order valence-corrected chi connectivity index (χ1v) is 7.97. The van der Waals surface area contributed by atoms with Crippen LogP contribution >= 0.6 is 0 Å². The van der Waals surface area contributed by atoms with Gasteiger partial charge in [0.1, 0.15) is 22.8 Å². The van der Waals surface area contributed by atoms with Crippen molar-refractivity contribution in [1.29, 1.82) is 0 Å². The van der Waals surface area contributed by atoms with Gasteiger partial charge in [-0.05, 0) is 26.8 Å². The first-order chi connectivity index (χ1) is 11.9. The van der Waals surface area contributed by atoms with Crippen molar-refractivity contribution >= 4 is 5.91 Å². The van der Waals surface area contributed by atoms with Crippen LogP contribution in [0.3, 0.4) is 0 Å². The number of hydrogen-bond acceptors (Lipinski definition) is 5. The predicted octanol–water partition coefficient (Wildman–Crippen LogP) is 3.19. The summed E-state index contributed by atoms with van der Waals surface area (Å²) in [7, 11) is 0. The van der Waals surface area contributed by atoms with Crippen LogP contribution in [0.25, 0.3) is 11.3 Å². The predicted molar refractivity (Wildman–Crippen MR) is 92.0 cm³/mol.